The molecule has 1 rings (SSSR count). The first-order valence-corrected chi connectivity index (χ1v) is 7.75. The maximum absolute atomic E-state index is 11.7. The minimum atomic E-state index is -1.04. The van der Waals surface area contributed by atoms with Gasteiger partial charge in [0.05, 0.1) is 11.3 Å². The Labute approximate surface area is 130 Å². The Hall–Kier alpha value is -1.47. The zero-order valence-electron chi connectivity index (χ0n) is 10.7. The molecule has 7 heteroatoms. The molecule has 0 radical (unpaired) electrons. The number of halogens is 1. The van der Waals surface area contributed by atoms with E-state index in [-0.39, 0.29) is 11.6 Å². The predicted octanol–water partition coefficient (Wildman–Crippen LogP) is 3.19. The lowest BCUT2D eigenvalue weighted by Gasteiger charge is -2.09. The van der Waals surface area contributed by atoms with Crippen LogP contribution in [0.2, 0.25) is 0 Å². The molecule has 20 heavy (non-hydrogen) atoms. The van der Waals surface area contributed by atoms with E-state index in [1.807, 2.05) is 0 Å². The summed E-state index contributed by atoms with van der Waals surface area (Å²) in [6.45, 7) is 4.14. The molecule has 0 atom stereocenters. The van der Waals surface area contributed by atoms with E-state index < -0.39 is 5.97 Å². The average Bonchev–Trinajstić information content (AvgIpc) is 2.40. The van der Waals surface area contributed by atoms with Crippen molar-refractivity contribution in [3.8, 4) is 0 Å². The number of hydrogen-bond donors (Lipinski definition) is 3. The third-order valence-corrected chi connectivity index (χ3v) is 3.88. The van der Waals surface area contributed by atoms with Crippen molar-refractivity contribution >= 4 is 45.4 Å². The molecule has 0 aliphatic carbocycles. The first-order chi connectivity index (χ1) is 9.54. The van der Waals surface area contributed by atoms with Crippen molar-refractivity contribution in [1.82, 2.24) is 5.32 Å². The maximum atomic E-state index is 11.7. The topological polar surface area (TPSA) is 78.4 Å². The average molecular weight is 359 g/mol. The van der Waals surface area contributed by atoms with E-state index in [4.69, 9.17) is 5.11 Å². The summed E-state index contributed by atoms with van der Waals surface area (Å²) in [7, 11) is 0. The van der Waals surface area contributed by atoms with Gasteiger partial charge < -0.3 is 15.7 Å². The Kier molecular flexibility index (Phi) is 7.17. The van der Waals surface area contributed by atoms with Crippen molar-refractivity contribution in [2.75, 3.05) is 23.4 Å². The lowest BCUT2D eigenvalue weighted by molar-refractivity contribution is 0.0697. The smallest absolute Gasteiger partial charge is 0.335 e. The Morgan fingerprint density at radius 3 is 2.85 bits per heavy atom. The fraction of sp³-hybridized carbons (Fsp3) is 0.231. The highest BCUT2D eigenvalue weighted by molar-refractivity contribution is 9.10. The van der Waals surface area contributed by atoms with Crippen LogP contribution in [0.15, 0.2) is 35.3 Å². The van der Waals surface area contributed by atoms with Crippen LogP contribution in [-0.2, 0) is 0 Å². The SMILES string of the molecule is C=CCSCCNC(=O)Nc1cc(C(=O)O)ccc1Br. The van der Waals surface area contributed by atoms with Crippen LogP contribution in [0.1, 0.15) is 10.4 Å². The highest BCUT2D eigenvalue weighted by Gasteiger charge is 2.09. The molecule has 0 spiro atoms. The van der Waals surface area contributed by atoms with Crippen molar-refractivity contribution < 1.29 is 14.7 Å². The van der Waals surface area contributed by atoms with Crippen LogP contribution in [0.3, 0.4) is 0 Å². The van der Waals surface area contributed by atoms with E-state index in [1.54, 1.807) is 23.9 Å². The van der Waals surface area contributed by atoms with Gasteiger partial charge in [0.25, 0.3) is 0 Å². The highest BCUT2D eigenvalue weighted by Crippen LogP contribution is 2.23. The van der Waals surface area contributed by atoms with Crippen molar-refractivity contribution in [3.63, 3.8) is 0 Å². The Morgan fingerprint density at radius 2 is 2.20 bits per heavy atom. The van der Waals surface area contributed by atoms with Gasteiger partial charge in [-0.25, -0.2) is 9.59 Å². The maximum Gasteiger partial charge on any atom is 0.335 e. The van der Waals surface area contributed by atoms with E-state index in [2.05, 4.69) is 33.1 Å². The van der Waals surface area contributed by atoms with E-state index in [9.17, 15) is 9.59 Å². The summed E-state index contributed by atoms with van der Waals surface area (Å²) in [5, 5.41) is 14.2. The van der Waals surface area contributed by atoms with Gasteiger partial charge in [-0.2, -0.15) is 11.8 Å². The number of urea groups is 1. The monoisotopic (exact) mass is 358 g/mol. The molecule has 3 N–H and O–H groups in total. The van der Waals surface area contributed by atoms with Gasteiger partial charge in [0.15, 0.2) is 0 Å². The van der Waals surface area contributed by atoms with Gasteiger partial charge in [-0.15, -0.1) is 6.58 Å². The first-order valence-electron chi connectivity index (χ1n) is 5.81. The summed E-state index contributed by atoms with van der Waals surface area (Å²) in [4.78, 5) is 22.5. The van der Waals surface area contributed by atoms with Gasteiger partial charge in [0, 0.05) is 22.5 Å². The highest BCUT2D eigenvalue weighted by atomic mass is 79.9. The fourth-order valence-electron chi connectivity index (χ4n) is 1.32. The molecule has 0 bridgehead atoms. The molecule has 5 nitrogen and oxygen atoms in total. The number of benzene rings is 1. The molecule has 0 heterocycles. The van der Waals surface area contributed by atoms with E-state index in [0.29, 0.717) is 16.7 Å². The molecule has 0 aromatic heterocycles. The Morgan fingerprint density at radius 1 is 1.45 bits per heavy atom. The number of aromatic carboxylic acids is 1. The molecule has 0 saturated heterocycles. The van der Waals surface area contributed by atoms with Gasteiger partial charge in [-0.1, -0.05) is 6.08 Å². The molecule has 0 aliphatic heterocycles. The standard InChI is InChI=1S/C13H15BrN2O3S/c1-2-6-20-7-5-15-13(19)16-11-8-9(12(17)18)3-4-10(11)14/h2-4,8H,1,5-7H2,(H,17,18)(H2,15,16,19). The molecular weight excluding hydrogens is 344 g/mol. The third-order valence-electron chi connectivity index (χ3n) is 2.23. The van der Waals surface area contributed by atoms with Crippen LogP contribution < -0.4 is 10.6 Å². The second kappa shape index (κ2) is 8.65. The summed E-state index contributed by atoms with van der Waals surface area (Å²) in [5.74, 6) is 0.590. The number of thioether (sulfide) groups is 1. The number of carbonyl (C=O) groups is 2. The van der Waals surface area contributed by atoms with Crippen molar-refractivity contribution in [2.45, 2.75) is 0 Å². The zero-order valence-corrected chi connectivity index (χ0v) is 13.1. The van der Waals surface area contributed by atoms with Crippen LogP contribution in [0.4, 0.5) is 10.5 Å². The van der Waals surface area contributed by atoms with E-state index >= 15 is 0 Å². The summed E-state index contributed by atoms with van der Waals surface area (Å²) in [6.07, 6.45) is 1.80. The second-order valence-electron chi connectivity index (χ2n) is 3.74. The van der Waals surface area contributed by atoms with Crippen molar-refractivity contribution in [1.29, 1.82) is 0 Å². The quantitative estimate of drug-likeness (QED) is 0.516. The van der Waals surface area contributed by atoms with Gasteiger partial charge in [-0.05, 0) is 34.1 Å². The largest absolute Gasteiger partial charge is 0.478 e. The third kappa shape index (κ3) is 5.66. The number of rotatable bonds is 7. The number of carboxylic acids is 1. The lowest BCUT2D eigenvalue weighted by atomic mass is 10.2. The molecule has 0 unspecified atom stereocenters. The van der Waals surface area contributed by atoms with Gasteiger partial charge in [-0.3, -0.25) is 0 Å². The normalized spacial score (nSPS) is 9.85. The number of hydrogen-bond acceptors (Lipinski definition) is 3. The minimum Gasteiger partial charge on any atom is -0.478 e. The molecule has 0 aliphatic rings. The van der Waals surface area contributed by atoms with Crippen LogP contribution in [-0.4, -0.2) is 35.2 Å². The molecule has 0 saturated carbocycles. The second-order valence-corrected chi connectivity index (χ2v) is 5.75. The minimum absolute atomic E-state index is 0.116. The van der Waals surface area contributed by atoms with Crippen LogP contribution in [0, 0.1) is 0 Å². The van der Waals surface area contributed by atoms with Gasteiger partial charge in [0.1, 0.15) is 0 Å². The first kappa shape index (κ1) is 16.6. The summed E-state index contributed by atoms with van der Waals surface area (Å²) in [6, 6.07) is 4.08. The van der Waals surface area contributed by atoms with Gasteiger partial charge in [0.2, 0.25) is 0 Å². The number of nitrogens with one attached hydrogen (secondary N) is 2. The number of carboxylic acid groups (broad SMARTS) is 1. The Balaban J connectivity index is 2.50. The van der Waals surface area contributed by atoms with E-state index in [1.165, 1.54) is 12.1 Å². The molecule has 1 aromatic rings. The summed E-state index contributed by atoms with van der Waals surface area (Å²) in [5.41, 5.74) is 0.534. The van der Waals surface area contributed by atoms with Gasteiger partial charge >= 0.3 is 12.0 Å². The predicted molar refractivity (Wildman–Crippen MR) is 85.6 cm³/mol. The molecular formula is C13H15BrN2O3S. The molecule has 0 fully saturated rings. The van der Waals surface area contributed by atoms with Crippen molar-refractivity contribution in [3.05, 3.63) is 40.9 Å². The summed E-state index contributed by atoms with van der Waals surface area (Å²) < 4.78 is 0.624. The summed E-state index contributed by atoms with van der Waals surface area (Å²) >= 11 is 4.92. The van der Waals surface area contributed by atoms with Crippen LogP contribution in [0.5, 0.6) is 0 Å². The number of carbonyl (C=O) groups excluding carboxylic acids is 1. The number of amides is 2. The zero-order chi connectivity index (χ0) is 15.0. The fourth-order valence-corrected chi connectivity index (χ4v) is 2.25. The molecule has 108 valence electrons. The molecule has 2 amide bonds. The lowest BCUT2D eigenvalue weighted by Crippen LogP contribution is -2.30. The van der Waals surface area contributed by atoms with E-state index in [0.717, 1.165) is 11.5 Å². The van der Waals surface area contributed by atoms with Crippen LogP contribution in [0.25, 0.3) is 0 Å². The molecule has 1 aromatic carbocycles. The van der Waals surface area contributed by atoms with Crippen LogP contribution >= 0.6 is 27.7 Å². The Bertz CT molecular complexity index is 508. The van der Waals surface area contributed by atoms with Crippen molar-refractivity contribution in [2.24, 2.45) is 0 Å². The number of anilines is 1.